The Balaban J connectivity index is 2.23. The van der Waals surface area contributed by atoms with Crippen LogP contribution >= 0.6 is 0 Å². The molecular weight excluding hydrogens is 296 g/mol. The van der Waals surface area contributed by atoms with Crippen molar-refractivity contribution < 1.29 is 39.4 Å². The Hall–Kier alpha value is -1.45. The second-order valence-corrected chi connectivity index (χ2v) is 5.38. The number of aliphatic hydroxyl groups is 4. The predicted octanol–water partition coefficient (Wildman–Crippen LogP) is -1.22. The number of aliphatic hydroxyl groups excluding tert-OH is 4. The molecule has 0 amide bonds. The molecule has 0 bridgehead atoms. The van der Waals surface area contributed by atoms with E-state index in [-0.39, 0.29) is 17.1 Å². The summed E-state index contributed by atoms with van der Waals surface area (Å²) in [7, 11) is 0. The van der Waals surface area contributed by atoms with Crippen molar-refractivity contribution in [3.8, 4) is 0 Å². The molecular formula is C14H20O8. The molecule has 0 aromatic carbocycles. The van der Waals surface area contributed by atoms with Gasteiger partial charge in [-0.3, -0.25) is 0 Å². The molecule has 124 valence electrons. The van der Waals surface area contributed by atoms with Gasteiger partial charge < -0.3 is 34.6 Å². The van der Waals surface area contributed by atoms with Crippen LogP contribution in [0.25, 0.3) is 0 Å². The smallest absolute Gasteiger partial charge is 0.342 e. The van der Waals surface area contributed by atoms with Crippen molar-refractivity contribution in [2.24, 2.45) is 5.92 Å². The third-order valence-corrected chi connectivity index (χ3v) is 3.87. The Morgan fingerprint density at radius 1 is 1.23 bits per heavy atom. The van der Waals surface area contributed by atoms with Crippen LogP contribution in [0.2, 0.25) is 0 Å². The summed E-state index contributed by atoms with van der Waals surface area (Å²) >= 11 is 0. The van der Waals surface area contributed by atoms with E-state index in [4.69, 9.17) is 19.3 Å². The summed E-state index contributed by atoms with van der Waals surface area (Å²) in [5, 5.41) is 38.6. The zero-order valence-corrected chi connectivity index (χ0v) is 12.3. The van der Waals surface area contributed by atoms with Gasteiger partial charge in [0.15, 0.2) is 0 Å². The van der Waals surface area contributed by atoms with Gasteiger partial charge in [0.1, 0.15) is 35.9 Å². The highest BCUT2D eigenvalue weighted by Gasteiger charge is 2.46. The molecule has 1 unspecified atom stereocenters. The average molecular weight is 316 g/mol. The Kier molecular flexibility index (Phi) is 4.88. The zero-order valence-electron chi connectivity index (χ0n) is 12.3. The minimum absolute atomic E-state index is 0.190. The monoisotopic (exact) mass is 316 g/mol. The molecule has 2 aliphatic rings. The maximum Gasteiger partial charge on any atom is 0.342 e. The highest BCUT2D eigenvalue weighted by Crippen LogP contribution is 2.33. The summed E-state index contributed by atoms with van der Waals surface area (Å²) in [5.41, 5.74) is 0.192. The van der Waals surface area contributed by atoms with Crippen LogP contribution in [0.3, 0.4) is 0 Å². The molecule has 1 saturated heterocycles. The SMILES string of the molecule is C=C1OC(=O)C(C)=C(O[C@@H]2O[C@H](CO)[C@@H](O)[C@H](O)[C@H]2O)C1C. The van der Waals surface area contributed by atoms with E-state index in [2.05, 4.69) is 6.58 Å². The van der Waals surface area contributed by atoms with Gasteiger partial charge in [-0.15, -0.1) is 0 Å². The van der Waals surface area contributed by atoms with Crippen molar-refractivity contribution >= 4 is 5.97 Å². The summed E-state index contributed by atoms with van der Waals surface area (Å²) in [6.45, 7) is 6.23. The fourth-order valence-corrected chi connectivity index (χ4v) is 2.34. The van der Waals surface area contributed by atoms with E-state index >= 15 is 0 Å². The first kappa shape index (κ1) is 16.9. The minimum Gasteiger partial charge on any atom is -0.465 e. The second-order valence-electron chi connectivity index (χ2n) is 5.38. The van der Waals surface area contributed by atoms with Crippen LogP contribution in [0.15, 0.2) is 23.7 Å². The van der Waals surface area contributed by atoms with Crippen LogP contribution < -0.4 is 0 Å². The molecule has 0 saturated carbocycles. The lowest BCUT2D eigenvalue weighted by atomic mass is 9.98. The van der Waals surface area contributed by atoms with E-state index in [1.807, 2.05) is 0 Å². The van der Waals surface area contributed by atoms with Crippen molar-refractivity contribution in [3.05, 3.63) is 23.7 Å². The molecule has 0 aliphatic carbocycles. The van der Waals surface area contributed by atoms with Gasteiger partial charge in [0.05, 0.1) is 18.1 Å². The molecule has 4 N–H and O–H groups in total. The van der Waals surface area contributed by atoms with Gasteiger partial charge in [0.25, 0.3) is 0 Å². The maximum atomic E-state index is 11.7. The van der Waals surface area contributed by atoms with Crippen LogP contribution in [0, 0.1) is 5.92 Å². The number of carbonyl (C=O) groups excluding carboxylic acids is 1. The van der Waals surface area contributed by atoms with Gasteiger partial charge in [-0.05, 0) is 13.8 Å². The Morgan fingerprint density at radius 2 is 1.86 bits per heavy atom. The van der Waals surface area contributed by atoms with Crippen LogP contribution in [0.5, 0.6) is 0 Å². The highest BCUT2D eigenvalue weighted by atomic mass is 16.7. The number of rotatable bonds is 3. The Labute approximate surface area is 127 Å². The van der Waals surface area contributed by atoms with Crippen LogP contribution in [0.1, 0.15) is 13.8 Å². The fourth-order valence-electron chi connectivity index (χ4n) is 2.34. The van der Waals surface area contributed by atoms with Gasteiger partial charge in [0.2, 0.25) is 6.29 Å². The molecule has 2 aliphatic heterocycles. The van der Waals surface area contributed by atoms with Gasteiger partial charge in [-0.25, -0.2) is 4.79 Å². The number of esters is 1. The Morgan fingerprint density at radius 3 is 2.45 bits per heavy atom. The number of cyclic esters (lactones) is 1. The molecule has 1 fully saturated rings. The van der Waals surface area contributed by atoms with Crippen LogP contribution in [0.4, 0.5) is 0 Å². The van der Waals surface area contributed by atoms with Gasteiger partial charge in [-0.1, -0.05) is 6.58 Å². The first-order chi connectivity index (χ1) is 10.3. The van der Waals surface area contributed by atoms with Crippen molar-refractivity contribution in [2.45, 2.75) is 44.6 Å². The second kappa shape index (κ2) is 6.35. The lowest BCUT2D eigenvalue weighted by molar-refractivity contribution is -0.293. The maximum absolute atomic E-state index is 11.7. The van der Waals surface area contributed by atoms with E-state index in [0.29, 0.717) is 0 Å². The predicted molar refractivity (Wildman–Crippen MR) is 71.9 cm³/mol. The van der Waals surface area contributed by atoms with E-state index < -0.39 is 49.2 Å². The average Bonchev–Trinajstić information content (AvgIpc) is 2.49. The van der Waals surface area contributed by atoms with E-state index in [0.717, 1.165) is 0 Å². The summed E-state index contributed by atoms with van der Waals surface area (Å²) < 4.78 is 15.7. The first-order valence-corrected chi connectivity index (χ1v) is 6.86. The normalized spacial score (nSPS) is 39.7. The largest absolute Gasteiger partial charge is 0.465 e. The van der Waals surface area contributed by atoms with Crippen molar-refractivity contribution in [1.82, 2.24) is 0 Å². The quantitative estimate of drug-likeness (QED) is 0.478. The molecule has 22 heavy (non-hydrogen) atoms. The van der Waals surface area contributed by atoms with E-state index in [1.54, 1.807) is 6.92 Å². The molecule has 0 radical (unpaired) electrons. The number of carbonyl (C=O) groups is 1. The first-order valence-electron chi connectivity index (χ1n) is 6.86. The summed E-state index contributed by atoms with van der Waals surface area (Å²) in [5.74, 6) is -0.687. The van der Waals surface area contributed by atoms with Gasteiger partial charge in [-0.2, -0.15) is 0 Å². The molecule has 6 atom stereocenters. The third-order valence-electron chi connectivity index (χ3n) is 3.87. The third kappa shape index (κ3) is 2.88. The van der Waals surface area contributed by atoms with Crippen molar-refractivity contribution in [2.75, 3.05) is 6.61 Å². The molecule has 2 rings (SSSR count). The van der Waals surface area contributed by atoms with Gasteiger partial charge >= 0.3 is 5.97 Å². The molecule has 2 heterocycles. The zero-order chi connectivity index (χ0) is 16.6. The van der Waals surface area contributed by atoms with Gasteiger partial charge in [0, 0.05) is 0 Å². The fraction of sp³-hybridized carbons (Fsp3) is 0.643. The molecule has 8 nitrogen and oxygen atoms in total. The van der Waals surface area contributed by atoms with Crippen molar-refractivity contribution in [1.29, 1.82) is 0 Å². The molecule has 0 aromatic heterocycles. The summed E-state index contributed by atoms with van der Waals surface area (Å²) in [6, 6.07) is 0. The lowest BCUT2D eigenvalue weighted by Crippen LogP contribution is -2.59. The van der Waals surface area contributed by atoms with Crippen LogP contribution in [-0.4, -0.2) is 63.7 Å². The minimum atomic E-state index is -1.55. The number of hydrogen-bond donors (Lipinski definition) is 4. The molecule has 8 heteroatoms. The molecule has 0 aromatic rings. The van der Waals surface area contributed by atoms with Crippen molar-refractivity contribution in [3.63, 3.8) is 0 Å². The lowest BCUT2D eigenvalue weighted by Gasteiger charge is -2.41. The Bertz CT molecular complexity index is 497. The van der Waals surface area contributed by atoms with Crippen LogP contribution in [-0.2, 0) is 19.0 Å². The van der Waals surface area contributed by atoms with E-state index in [1.165, 1.54) is 6.92 Å². The highest BCUT2D eigenvalue weighted by molar-refractivity contribution is 5.90. The molecule has 0 spiro atoms. The number of ether oxygens (including phenoxy) is 3. The number of hydrogen-bond acceptors (Lipinski definition) is 8. The van der Waals surface area contributed by atoms with E-state index in [9.17, 15) is 20.1 Å². The summed E-state index contributed by atoms with van der Waals surface area (Å²) in [6.07, 6.45) is -7.00. The topological polar surface area (TPSA) is 126 Å². The summed E-state index contributed by atoms with van der Waals surface area (Å²) in [4.78, 5) is 11.7. The standard InChI is InChI=1S/C14H20O8/c1-5-7(3)20-13(19)6(2)12(5)22-14-11(18)10(17)9(16)8(4-15)21-14/h5,8-11,14-18H,3-4H2,1-2H3/t5?,8-,9-,10+,11-,14+/m1/s1.